The number of carbonyl (C=O) groups excluding carboxylic acids is 3. The molecule has 1 aromatic heterocycles. The van der Waals surface area contributed by atoms with Gasteiger partial charge < -0.3 is 19.9 Å². The van der Waals surface area contributed by atoms with Crippen molar-refractivity contribution in [1.82, 2.24) is 14.8 Å². The van der Waals surface area contributed by atoms with Crippen LogP contribution in [-0.4, -0.2) is 72.9 Å². The van der Waals surface area contributed by atoms with E-state index in [1.165, 1.54) is 18.3 Å². The summed E-state index contributed by atoms with van der Waals surface area (Å²) in [6.45, 7) is 3.96. The quantitative estimate of drug-likeness (QED) is 0.694. The van der Waals surface area contributed by atoms with Gasteiger partial charge >= 0.3 is 5.97 Å². The minimum Gasteiger partial charge on any atom is -0.462 e. The number of amides is 2. The molecule has 8 heteroatoms. The number of likely N-dealkylation sites (tertiary alicyclic amines) is 1. The minimum absolute atomic E-state index is 0.00265. The minimum atomic E-state index is -0.464. The van der Waals surface area contributed by atoms with E-state index in [1.54, 1.807) is 11.8 Å². The zero-order valence-electron chi connectivity index (χ0n) is 15.5. The highest BCUT2D eigenvalue weighted by Gasteiger charge is 2.34. The molecular weight excluding hydrogens is 336 g/mol. The van der Waals surface area contributed by atoms with Gasteiger partial charge in [-0.3, -0.25) is 9.59 Å². The van der Waals surface area contributed by atoms with Crippen LogP contribution in [0, 0.1) is 5.92 Å². The molecule has 0 aromatic carbocycles. The van der Waals surface area contributed by atoms with E-state index in [9.17, 15) is 14.4 Å². The molecule has 0 aliphatic carbocycles. The smallest absolute Gasteiger partial charge is 0.338 e. The molecule has 0 bridgehead atoms. The van der Waals surface area contributed by atoms with Gasteiger partial charge in [-0.05, 0) is 46.1 Å². The second-order valence-corrected chi connectivity index (χ2v) is 6.54. The van der Waals surface area contributed by atoms with Crippen molar-refractivity contribution in [2.45, 2.75) is 19.8 Å². The Morgan fingerprint density at radius 1 is 1.42 bits per heavy atom. The molecule has 2 heterocycles. The summed E-state index contributed by atoms with van der Waals surface area (Å²) in [6, 6.07) is 3.00. The van der Waals surface area contributed by atoms with E-state index in [1.807, 2.05) is 14.1 Å². The first-order valence-corrected chi connectivity index (χ1v) is 8.77. The first-order chi connectivity index (χ1) is 12.4. The summed E-state index contributed by atoms with van der Waals surface area (Å²) in [6.07, 6.45) is 2.51. The van der Waals surface area contributed by atoms with Crippen molar-refractivity contribution < 1.29 is 19.1 Å². The highest BCUT2D eigenvalue weighted by atomic mass is 16.5. The predicted molar refractivity (Wildman–Crippen MR) is 96.7 cm³/mol. The molecular formula is C18H26N4O4. The standard InChI is InChI=1S/C18H26N4O4/c1-4-26-18(25)13-6-7-19-15(10-13)20-17(24)14-11-16(23)22(12-14)9-5-8-21(2)3/h6-7,10,14H,4-5,8-9,11-12H2,1-3H3,(H,19,20,24). The fourth-order valence-electron chi connectivity index (χ4n) is 2.81. The molecule has 0 radical (unpaired) electrons. The van der Waals surface area contributed by atoms with E-state index in [-0.39, 0.29) is 30.7 Å². The summed E-state index contributed by atoms with van der Waals surface area (Å²) in [5, 5.41) is 2.69. The molecule has 0 spiro atoms. The Bertz CT molecular complexity index is 662. The van der Waals surface area contributed by atoms with E-state index in [2.05, 4.69) is 15.2 Å². The molecule has 26 heavy (non-hydrogen) atoms. The third-order valence-electron chi connectivity index (χ3n) is 4.14. The van der Waals surface area contributed by atoms with Gasteiger partial charge in [-0.2, -0.15) is 0 Å². The molecule has 1 aliphatic heterocycles. The second-order valence-electron chi connectivity index (χ2n) is 6.54. The zero-order chi connectivity index (χ0) is 19.1. The van der Waals surface area contributed by atoms with Crippen LogP contribution < -0.4 is 5.32 Å². The van der Waals surface area contributed by atoms with E-state index >= 15 is 0 Å². The van der Waals surface area contributed by atoms with Crippen LogP contribution in [-0.2, 0) is 14.3 Å². The monoisotopic (exact) mass is 362 g/mol. The van der Waals surface area contributed by atoms with Crippen LogP contribution in [0.2, 0.25) is 0 Å². The van der Waals surface area contributed by atoms with Gasteiger partial charge in [0.05, 0.1) is 18.1 Å². The van der Waals surface area contributed by atoms with Gasteiger partial charge in [0.15, 0.2) is 0 Å². The van der Waals surface area contributed by atoms with Crippen LogP contribution in [0.4, 0.5) is 5.82 Å². The van der Waals surface area contributed by atoms with Crippen molar-refractivity contribution in [3.8, 4) is 0 Å². The van der Waals surface area contributed by atoms with Gasteiger partial charge in [-0.15, -0.1) is 0 Å². The maximum absolute atomic E-state index is 12.4. The molecule has 1 saturated heterocycles. The van der Waals surface area contributed by atoms with E-state index < -0.39 is 11.9 Å². The molecule has 1 unspecified atom stereocenters. The average Bonchev–Trinajstić information content (AvgIpc) is 2.96. The van der Waals surface area contributed by atoms with Crippen molar-refractivity contribution in [3.63, 3.8) is 0 Å². The number of rotatable bonds is 8. The summed E-state index contributed by atoms with van der Waals surface area (Å²) < 4.78 is 4.94. The Labute approximate surface area is 153 Å². The summed E-state index contributed by atoms with van der Waals surface area (Å²) in [4.78, 5) is 44.1. The number of carbonyl (C=O) groups is 3. The zero-order valence-corrected chi connectivity index (χ0v) is 15.5. The van der Waals surface area contributed by atoms with Gasteiger partial charge in [0, 0.05) is 25.7 Å². The fraction of sp³-hybridized carbons (Fsp3) is 0.556. The topological polar surface area (TPSA) is 91.8 Å². The lowest BCUT2D eigenvalue weighted by Gasteiger charge is -2.18. The summed E-state index contributed by atoms with van der Waals surface area (Å²) in [7, 11) is 3.97. The fourth-order valence-corrected chi connectivity index (χ4v) is 2.81. The van der Waals surface area contributed by atoms with E-state index in [0.717, 1.165) is 13.0 Å². The average molecular weight is 362 g/mol. The Hall–Kier alpha value is -2.48. The van der Waals surface area contributed by atoms with E-state index in [0.29, 0.717) is 18.7 Å². The largest absolute Gasteiger partial charge is 0.462 e. The third-order valence-corrected chi connectivity index (χ3v) is 4.14. The van der Waals surface area contributed by atoms with Crippen molar-refractivity contribution in [2.75, 3.05) is 45.7 Å². The molecule has 8 nitrogen and oxygen atoms in total. The SMILES string of the molecule is CCOC(=O)c1ccnc(NC(=O)C2CC(=O)N(CCCN(C)C)C2)c1. The van der Waals surface area contributed by atoms with Crippen LogP contribution in [0.15, 0.2) is 18.3 Å². The number of nitrogens with one attached hydrogen (secondary N) is 1. The summed E-state index contributed by atoms with van der Waals surface area (Å²) in [5.74, 6) is -0.860. The number of hydrogen-bond acceptors (Lipinski definition) is 6. The molecule has 1 aliphatic rings. The van der Waals surface area contributed by atoms with Gasteiger partial charge in [0.1, 0.15) is 5.82 Å². The maximum atomic E-state index is 12.4. The van der Waals surface area contributed by atoms with Crippen LogP contribution in [0.5, 0.6) is 0 Å². The van der Waals surface area contributed by atoms with Gasteiger partial charge in [0.2, 0.25) is 11.8 Å². The van der Waals surface area contributed by atoms with Crippen molar-refractivity contribution in [2.24, 2.45) is 5.92 Å². The predicted octanol–water partition coefficient (Wildman–Crippen LogP) is 0.997. The van der Waals surface area contributed by atoms with Crippen molar-refractivity contribution >= 4 is 23.6 Å². The van der Waals surface area contributed by atoms with Crippen LogP contribution in [0.3, 0.4) is 0 Å². The molecule has 1 N–H and O–H groups in total. The number of ether oxygens (including phenoxy) is 1. The number of aromatic nitrogens is 1. The van der Waals surface area contributed by atoms with Gasteiger partial charge in [-0.25, -0.2) is 9.78 Å². The number of nitrogens with zero attached hydrogens (tertiary/aromatic N) is 3. The number of anilines is 1. The van der Waals surface area contributed by atoms with Crippen LogP contribution in [0.25, 0.3) is 0 Å². The van der Waals surface area contributed by atoms with Crippen LogP contribution in [0.1, 0.15) is 30.1 Å². The molecule has 0 saturated carbocycles. The van der Waals surface area contributed by atoms with Gasteiger partial charge in [-0.1, -0.05) is 0 Å². The Kier molecular flexibility index (Phi) is 7.08. The molecule has 1 aromatic rings. The molecule has 1 atom stereocenters. The van der Waals surface area contributed by atoms with Gasteiger partial charge in [0.25, 0.3) is 0 Å². The molecule has 2 amide bonds. The van der Waals surface area contributed by atoms with Crippen molar-refractivity contribution in [3.05, 3.63) is 23.9 Å². The summed E-state index contributed by atoms with van der Waals surface area (Å²) in [5.41, 5.74) is 0.324. The second kappa shape index (κ2) is 9.28. The lowest BCUT2D eigenvalue weighted by atomic mass is 10.1. The van der Waals surface area contributed by atoms with Crippen molar-refractivity contribution in [1.29, 1.82) is 0 Å². The molecule has 142 valence electrons. The van der Waals surface area contributed by atoms with Crippen LogP contribution >= 0.6 is 0 Å². The number of esters is 1. The van der Waals surface area contributed by atoms with E-state index in [4.69, 9.17) is 4.74 Å². The number of hydrogen-bond donors (Lipinski definition) is 1. The lowest BCUT2D eigenvalue weighted by molar-refractivity contribution is -0.128. The Morgan fingerprint density at radius 2 is 2.19 bits per heavy atom. The third kappa shape index (κ3) is 5.52. The first-order valence-electron chi connectivity index (χ1n) is 8.77. The summed E-state index contributed by atoms with van der Waals surface area (Å²) >= 11 is 0. The highest BCUT2D eigenvalue weighted by molar-refractivity contribution is 5.97. The Balaban J connectivity index is 1.91. The maximum Gasteiger partial charge on any atom is 0.338 e. The molecule has 1 fully saturated rings. The molecule has 2 rings (SSSR count). The first kappa shape index (κ1) is 19.8. The normalized spacial score (nSPS) is 16.8. The lowest BCUT2D eigenvalue weighted by Crippen LogP contribution is -2.30. The number of pyridine rings is 1. The highest BCUT2D eigenvalue weighted by Crippen LogP contribution is 2.20. The Morgan fingerprint density at radius 3 is 2.88 bits per heavy atom.